The van der Waals surface area contributed by atoms with Crippen molar-refractivity contribution in [1.82, 2.24) is 10.2 Å². The second-order valence-electron chi connectivity index (χ2n) is 5.96. The summed E-state index contributed by atoms with van der Waals surface area (Å²) in [6.45, 7) is 4.34. The van der Waals surface area contributed by atoms with Crippen molar-refractivity contribution in [2.24, 2.45) is 5.92 Å². The van der Waals surface area contributed by atoms with Crippen LogP contribution >= 0.6 is 0 Å². The molecule has 0 bridgehead atoms. The lowest BCUT2D eigenvalue weighted by Gasteiger charge is -2.32. The van der Waals surface area contributed by atoms with Crippen LogP contribution in [0, 0.1) is 5.92 Å². The summed E-state index contributed by atoms with van der Waals surface area (Å²) >= 11 is 0. The first-order valence-electron chi connectivity index (χ1n) is 7.28. The SMILES string of the molecule is CC1(C(=O)O)CCCN1C(=O)CCC1CCNCC1. The topological polar surface area (TPSA) is 69.6 Å². The molecule has 2 fully saturated rings. The second kappa shape index (κ2) is 5.90. The van der Waals surface area contributed by atoms with Gasteiger partial charge in [-0.2, -0.15) is 0 Å². The van der Waals surface area contributed by atoms with Crippen molar-refractivity contribution in [3.63, 3.8) is 0 Å². The smallest absolute Gasteiger partial charge is 0.329 e. The maximum atomic E-state index is 12.3. The van der Waals surface area contributed by atoms with Crippen molar-refractivity contribution >= 4 is 11.9 Å². The first-order chi connectivity index (χ1) is 9.04. The van der Waals surface area contributed by atoms with E-state index >= 15 is 0 Å². The molecule has 1 amide bonds. The molecule has 2 saturated heterocycles. The molecule has 108 valence electrons. The standard InChI is InChI=1S/C14H24N2O3/c1-14(13(18)19)7-2-10-16(14)12(17)4-3-11-5-8-15-9-6-11/h11,15H,2-10H2,1H3,(H,18,19). The summed E-state index contributed by atoms with van der Waals surface area (Å²) in [6, 6.07) is 0. The Hall–Kier alpha value is -1.10. The molecular weight excluding hydrogens is 244 g/mol. The van der Waals surface area contributed by atoms with Crippen LogP contribution < -0.4 is 5.32 Å². The van der Waals surface area contributed by atoms with E-state index < -0.39 is 11.5 Å². The van der Waals surface area contributed by atoms with E-state index in [1.807, 2.05) is 0 Å². The van der Waals surface area contributed by atoms with Crippen molar-refractivity contribution in [2.75, 3.05) is 19.6 Å². The number of hydrogen-bond donors (Lipinski definition) is 2. The highest BCUT2D eigenvalue weighted by atomic mass is 16.4. The van der Waals surface area contributed by atoms with Gasteiger partial charge in [-0.1, -0.05) is 0 Å². The fourth-order valence-corrected chi connectivity index (χ4v) is 3.22. The first kappa shape index (κ1) is 14.3. The summed E-state index contributed by atoms with van der Waals surface area (Å²) in [7, 11) is 0. The molecule has 19 heavy (non-hydrogen) atoms. The van der Waals surface area contributed by atoms with E-state index in [0.29, 0.717) is 25.3 Å². The maximum absolute atomic E-state index is 12.3. The van der Waals surface area contributed by atoms with Crippen LogP contribution in [0.1, 0.15) is 45.4 Å². The van der Waals surface area contributed by atoms with Crippen LogP contribution in [-0.4, -0.2) is 47.1 Å². The van der Waals surface area contributed by atoms with Gasteiger partial charge < -0.3 is 15.3 Å². The predicted molar refractivity (Wildman–Crippen MR) is 71.8 cm³/mol. The van der Waals surface area contributed by atoms with E-state index in [2.05, 4.69) is 5.32 Å². The Bertz CT molecular complexity index is 353. The van der Waals surface area contributed by atoms with Gasteiger partial charge in [-0.05, 0) is 58.0 Å². The largest absolute Gasteiger partial charge is 0.480 e. The molecule has 2 heterocycles. The van der Waals surface area contributed by atoms with E-state index in [0.717, 1.165) is 38.8 Å². The average Bonchev–Trinajstić information content (AvgIpc) is 2.81. The number of rotatable bonds is 4. The number of aliphatic carboxylic acids is 1. The van der Waals surface area contributed by atoms with E-state index in [1.165, 1.54) is 0 Å². The minimum absolute atomic E-state index is 0.0148. The molecule has 2 rings (SSSR count). The van der Waals surface area contributed by atoms with E-state index in [1.54, 1.807) is 11.8 Å². The summed E-state index contributed by atoms with van der Waals surface area (Å²) in [6.07, 6.45) is 5.01. The summed E-state index contributed by atoms with van der Waals surface area (Å²) in [4.78, 5) is 25.2. The highest BCUT2D eigenvalue weighted by Crippen LogP contribution is 2.30. The molecule has 2 N–H and O–H groups in total. The highest BCUT2D eigenvalue weighted by molar-refractivity contribution is 5.87. The Balaban J connectivity index is 1.87. The van der Waals surface area contributed by atoms with Gasteiger partial charge in [-0.25, -0.2) is 4.79 Å². The van der Waals surface area contributed by atoms with Gasteiger partial charge >= 0.3 is 5.97 Å². The fourth-order valence-electron chi connectivity index (χ4n) is 3.22. The molecule has 0 spiro atoms. The number of carboxylic acids is 1. The molecule has 1 unspecified atom stereocenters. The third-order valence-corrected chi connectivity index (χ3v) is 4.63. The van der Waals surface area contributed by atoms with Crippen LogP contribution in [0.3, 0.4) is 0 Å². The molecule has 1 atom stereocenters. The van der Waals surface area contributed by atoms with E-state index in [9.17, 15) is 14.7 Å². The second-order valence-corrected chi connectivity index (χ2v) is 5.96. The molecule has 0 aromatic rings. The Morgan fingerprint density at radius 2 is 2.05 bits per heavy atom. The average molecular weight is 268 g/mol. The minimum atomic E-state index is -0.981. The van der Waals surface area contributed by atoms with Gasteiger partial charge in [0.05, 0.1) is 0 Å². The molecule has 5 heteroatoms. The van der Waals surface area contributed by atoms with Crippen LogP contribution in [0.15, 0.2) is 0 Å². The summed E-state index contributed by atoms with van der Waals surface area (Å²) in [5.74, 6) is -0.245. The van der Waals surface area contributed by atoms with E-state index in [4.69, 9.17) is 0 Å². The van der Waals surface area contributed by atoms with Crippen LogP contribution in [0.5, 0.6) is 0 Å². The van der Waals surface area contributed by atoms with Crippen molar-refractivity contribution in [3.05, 3.63) is 0 Å². The number of carbonyl (C=O) groups is 2. The van der Waals surface area contributed by atoms with Gasteiger partial charge in [-0.15, -0.1) is 0 Å². The quantitative estimate of drug-likeness (QED) is 0.804. The lowest BCUT2D eigenvalue weighted by Crippen LogP contribution is -2.50. The molecule has 0 aliphatic carbocycles. The number of carboxylic acid groups (broad SMARTS) is 1. The number of carbonyl (C=O) groups excluding carboxylic acids is 1. The Labute approximate surface area is 114 Å². The molecule has 2 aliphatic rings. The van der Waals surface area contributed by atoms with Crippen molar-refractivity contribution in [2.45, 2.75) is 51.0 Å². The molecular formula is C14H24N2O3. The van der Waals surface area contributed by atoms with Crippen molar-refractivity contribution < 1.29 is 14.7 Å². The zero-order valence-corrected chi connectivity index (χ0v) is 11.7. The Morgan fingerprint density at radius 3 is 2.68 bits per heavy atom. The van der Waals surface area contributed by atoms with Crippen molar-refractivity contribution in [3.8, 4) is 0 Å². The minimum Gasteiger partial charge on any atom is -0.480 e. The molecule has 0 radical (unpaired) electrons. The molecule has 2 aliphatic heterocycles. The highest BCUT2D eigenvalue weighted by Gasteiger charge is 2.45. The summed E-state index contributed by atoms with van der Waals surface area (Å²) in [5.41, 5.74) is -0.981. The number of likely N-dealkylation sites (tertiary alicyclic amines) is 1. The van der Waals surface area contributed by atoms with Crippen LogP contribution in [0.25, 0.3) is 0 Å². The molecule has 0 aromatic carbocycles. The van der Waals surface area contributed by atoms with E-state index in [-0.39, 0.29) is 5.91 Å². The van der Waals surface area contributed by atoms with Crippen LogP contribution in [0.4, 0.5) is 0 Å². The summed E-state index contributed by atoms with van der Waals surface area (Å²) in [5, 5.41) is 12.6. The number of hydrogen-bond acceptors (Lipinski definition) is 3. The Kier molecular flexibility index (Phi) is 4.45. The fraction of sp³-hybridized carbons (Fsp3) is 0.857. The third-order valence-electron chi connectivity index (χ3n) is 4.63. The predicted octanol–water partition coefficient (Wildman–Crippen LogP) is 1.23. The number of nitrogens with zero attached hydrogens (tertiary/aromatic N) is 1. The van der Waals surface area contributed by atoms with Crippen LogP contribution in [-0.2, 0) is 9.59 Å². The molecule has 0 aromatic heterocycles. The lowest BCUT2D eigenvalue weighted by molar-refractivity contribution is -0.155. The Morgan fingerprint density at radius 1 is 1.37 bits per heavy atom. The van der Waals surface area contributed by atoms with Gasteiger partial charge in [-0.3, -0.25) is 4.79 Å². The van der Waals surface area contributed by atoms with Gasteiger partial charge in [0.2, 0.25) is 5.91 Å². The lowest BCUT2D eigenvalue weighted by atomic mass is 9.92. The normalized spacial score (nSPS) is 28.6. The first-order valence-corrected chi connectivity index (χ1v) is 7.28. The van der Waals surface area contributed by atoms with Crippen molar-refractivity contribution in [1.29, 1.82) is 0 Å². The number of nitrogens with one attached hydrogen (secondary N) is 1. The summed E-state index contributed by atoms with van der Waals surface area (Å²) < 4.78 is 0. The zero-order chi connectivity index (χ0) is 13.9. The molecule has 5 nitrogen and oxygen atoms in total. The van der Waals surface area contributed by atoms with Crippen LogP contribution in [0.2, 0.25) is 0 Å². The maximum Gasteiger partial charge on any atom is 0.329 e. The van der Waals surface area contributed by atoms with Gasteiger partial charge in [0.1, 0.15) is 5.54 Å². The van der Waals surface area contributed by atoms with Gasteiger partial charge in [0, 0.05) is 13.0 Å². The van der Waals surface area contributed by atoms with Gasteiger partial charge in [0.15, 0.2) is 0 Å². The number of piperidine rings is 1. The number of amides is 1. The third kappa shape index (κ3) is 3.08. The van der Waals surface area contributed by atoms with Gasteiger partial charge in [0.25, 0.3) is 0 Å². The monoisotopic (exact) mass is 268 g/mol. The molecule has 0 saturated carbocycles. The zero-order valence-electron chi connectivity index (χ0n) is 11.7.